The molecule has 1 unspecified atom stereocenters. The minimum atomic E-state index is -0.320. The maximum atomic E-state index is 11.8. The molecule has 5 heteroatoms. The Morgan fingerprint density at radius 1 is 1.35 bits per heavy atom. The molecule has 0 aliphatic rings. The number of hydrogen-bond acceptors (Lipinski definition) is 2. The molecule has 112 valence electrons. The van der Waals surface area contributed by atoms with Gasteiger partial charge >= 0.3 is 6.03 Å². The van der Waals surface area contributed by atoms with Crippen LogP contribution in [-0.2, 0) is 0 Å². The van der Waals surface area contributed by atoms with Gasteiger partial charge in [0, 0.05) is 16.7 Å². The molecule has 0 aliphatic carbocycles. The average Bonchev–Trinajstić information content (AvgIpc) is 2.36. The Bertz CT molecular complexity index is 447. The normalized spacial score (nSPS) is 12.3. The second-order valence-corrected chi connectivity index (χ2v) is 6.17. The van der Waals surface area contributed by atoms with Crippen LogP contribution in [0.25, 0.3) is 0 Å². The first-order valence-electron chi connectivity index (χ1n) is 6.92. The van der Waals surface area contributed by atoms with Crippen LogP contribution >= 0.6 is 15.9 Å². The maximum absolute atomic E-state index is 11.8. The molecule has 20 heavy (non-hydrogen) atoms. The highest BCUT2D eigenvalue weighted by Crippen LogP contribution is 2.27. The molecule has 2 amide bonds. The lowest BCUT2D eigenvalue weighted by Gasteiger charge is -2.15. The molecule has 0 bridgehead atoms. The van der Waals surface area contributed by atoms with Gasteiger partial charge in [-0.05, 0) is 49.4 Å². The van der Waals surface area contributed by atoms with Gasteiger partial charge in [0.15, 0.2) is 0 Å². The molecule has 1 rings (SSSR count). The van der Waals surface area contributed by atoms with Crippen LogP contribution < -0.4 is 10.6 Å². The van der Waals surface area contributed by atoms with Crippen LogP contribution in [0.2, 0.25) is 0 Å². The number of carbonyl (C=O) groups is 1. The first kappa shape index (κ1) is 17.0. The van der Waals surface area contributed by atoms with E-state index in [-0.39, 0.29) is 12.1 Å². The van der Waals surface area contributed by atoms with Crippen LogP contribution in [0.4, 0.5) is 10.5 Å². The Labute approximate surface area is 129 Å². The van der Waals surface area contributed by atoms with E-state index in [1.54, 1.807) is 6.92 Å². The number of hydrogen-bond donors (Lipinski definition) is 3. The van der Waals surface area contributed by atoms with Gasteiger partial charge in [0.05, 0.1) is 6.10 Å². The lowest BCUT2D eigenvalue weighted by atomic mass is 10.0. The Morgan fingerprint density at radius 2 is 2.05 bits per heavy atom. The molecule has 0 spiro atoms. The van der Waals surface area contributed by atoms with Crippen LogP contribution in [0.5, 0.6) is 0 Å². The van der Waals surface area contributed by atoms with Gasteiger partial charge in [-0.15, -0.1) is 0 Å². The van der Waals surface area contributed by atoms with Crippen LogP contribution in [-0.4, -0.2) is 23.8 Å². The number of nitrogens with one attached hydrogen (secondary N) is 2. The number of benzene rings is 1. The molecule has 1 atom stereocenters. The number of carbonyl (C=O) groups excluding carboxylic acids is 1. The van der Waals surface area contributed by atoms with E-state index in [4.69, 9.17) is 5.11 Å². The van der Waals surface area contributed by atoms with E-state index >= 15 is 0 Å². The van der Waals surface area contributed by atoms with Gasteiger partial charge in [0.25, 0.3) is 0 Å². The maximum Gasteiger partial charge on any atom is 0.319 e. The van der Waals surface area contributed by atoms with Gasteiger partial charge < -0.3 is 15.7 Å². The van der Waals surface area contributed by atoms with Gasteiger partial charge in [0.2, 0.25) is 0 Å². The van der Waals surface area contributed by atoms with E-state index < -0.39 is 0 Å². The van der Waals surface area contributed by atoms with Crippen LogP contribution in [0.3, 0.4) is 0 Å². The van der Waals surface area contributed by atoms with Crippen molar-refractivity contribution in [1.82, 2.24) is 5.32 Å². The van der Waals surface area contributed by atoms with Gasteiger partial charge in [-0.1, -0.05) is 29.8 Å². The third-order valence-corrected chi connectivity index (χ3v) is 3.46. The SMILES string of the molecule is CC(O)CCCNC(=O)Nc1ccc(Br)cc1C(C)C. The van der Waals surface area contributed by atoms with Crippen LogP contribution in [0, 0.1) is 0 Å². The third kappa shape index (κ3) is 5.92. The van der Waals surface area contributed by atoms with Gasteiger partial charge in [-0.3, -0.25) is 0 Å². The average molecular weight is 343 g/mol. The minimum absolute atomic E-state index is 0.209. The van der Waals surface area contributed by atoms with Crippen LogP contribution in [0.1, 0.15) is 45.1 Å². The molecule has 3 N–H and O–H groups in total. The number of aliphatic hydroxyl groups excluding tert-OH is 1. The Hall–Kier alpha value is -1.07. The van der Waals surface area contributed by atoms with Crippen molar-refractivity contribution >= 4 is 27.6 Å². The zero-order chi connectivity index (χ0) is 15.1. The zero-order valence-electron chi connectivity index (χ0n) is 12.2. The number of rotatable bonds is 6. The van der Waals surface area contributed by atoms with Gasteiger partial charge in [-0.25, -0.2) is 4.79 Å². The summed E-state index contributed by atoms with van der Waals surface area (Å²) in [6.45, 7) is 6.49. The van der Waals surface area contributed by atoms with Crippen LogP contribution in [0.15, 0.2) is 22.7 Å². The molecule has 0 aromatic heterocycles. The molecular weight excluding hydrogens is 320 g/mol. The predicted octanol–water partition coefficient (Wildman–Crippen LogP) is 3.86. The first-order valence-corrected chi connectivity index (χ1v) is 7.71. The van der Waals surface area contributed by atoms with Gasteiger partial charge in [-0.2, -0.15) is 0 Å². The minimum Gasteiger partial charge on any atom is -0.393 e. The molecule has 0 heterocycles. The molecule has 1 aromatic carbocycles. The molecule has 0 saturated carbocycles. The summed E-state index contributed by atoms with van der Waals surface area (Å²) in [7, 11) is 0. The second-order valence-electron chi connectivity index (χ2n) is 5.26. The summed E-state index contributed by atoms with van der Waals surface area (Å²) in [6.07, 6.45) is 1.14. The molecule has 0 fully saturated rings. The Balaban J connectivity index is 2.53. The van der Waals surface area contributed by atoms with Crippen molar-refractivity contribution in [2.24, 2.45) is 0 Å². The summed E-state index contributed by atoms with van der Waals surface area (Å²) in [4.78, 5) is 11.8. The molecule has 0 radical (unpaired) electrons. The fourth-order valence-electron chi connectivity index (χ4n) is 1.89. The topological polar surface area (TPSA) is 61.4 Å². The molecule has 1 aromatic rings. The van der Waals surface area contributed by atoms with E-state index in [2.05, 4.69) is 40.4 Å². The smallest absolute Gasteiger partial charge is 0.319 e. The summed E-state index contributed by atoms with van der Waals surface area (Å²) in [5.74, 6) is 0.332. The number of halogens is 1. The van der Waals surface area contributed by atoms with E-state index in [1.807, 2.05) is 18.2 Å². The number of anilines is 1. The van der Waals surface area contributed by atoms with Crippen molar-refractivity contribution in [3.63, 3.8) is 0 Å². The number of urea groups is 1. The first-order chi connectivity index (χ1) is 9.40. The van der Waals surface area contributed by atoms with Crippen molar-refractivity contribution in [3.8, 4) is 0 Å². The lowest BCUT2D eigenvalue weighted by molar-refractivity contribution is 0.181. The summed E-state index contributed by atoms with van der Waals surface area (Å²) < 4.78 is 1.00. The zero-order valence-corrected chi connectivity index (χ0v) is 13.8. The van der Waals surface area contributed by atoms with E-state index in [0.29, 0.717) is 18.9 Å². The number of aliphatic hydroxyl groups is 1. The fraction of sp³-hybridized carbons (Fsp3) is 0.533. The summed E-state index contributed by atoms with van der Waals surface area (Å²) in [5.41, 5.74) is 1.93. The Kier molecular flexibility index (Phi) is 7.02. The molecule has 4 nitrogen and oxygen atoms in total. The van der Waals surface area contributed by atoms with E-state index in [9.17, 15) is 4.79 Å². The fourth-order valence-corrected chi connectivity index (χ4v) is 2.27. The van der Waals surface area contributed by atoms with Crippen molar-refractivity contribution in [1.29, 1.82) is 0 Å². The molecule has 0 saturated heterocycles. The highest BCUT2D eigenvalue weighted by molar-refractivity contribution is 9.10. The lowest BCUT2D eigenvalue weighted by Crippen LogP contribution is -2.30. The third-order valence-electron chi connectivity index (χ3n) is 2.97. The van der Waals surface area contributed by atoms with Gasteiger partial charge in [0.1, 0.15) is 0 Å². The largest absolute Gasteiger partial charge is 0.393 e. The predicted molar refractivity (Wildman–Crippen MR) is 86.2 cm³/mol. The quantitative estimate of drug-likeness (QED) is 0.687. The molecular formula is C15H23BrN2O2. The summed E-state index contributed by atoms with van der Waals surface area (Å²) in [5, 5.41) is 14.8. The van der Waals surface area contributed by atoms with E-state index in [0.717, 1.165) is 22.1 Å². The summed E-state index contributed by atoms with van der Waals surface area (Å²) in [6, 6.07) is 5.62. The highest BCUT2D eigenvalue weighted by Gasteiger charge is 2.10. The Morgan fingerprint density at radius 3 is 2.65 bits per heavy atom. The van der Waals surface area contributed by atoms with Crippen molar-refractivity contribution < 1.29 is 9.90 Å². The molecule has 0 aliphatic heterocycles. The standard InChI is InChI=1S/C15H23BrN2O2/c1-10(2)13-9-12(16)6-7-14(13)18-15(20)17-8-4-5-11(3)19/h6-7,9-11,19H,4-5,8H2,1-3H3,(H2,17,18,20). The van der Waals surface area contributed by atoms with Crippen molar-refractivity contribution in [2.45, 2.75) is 45.6 Å². The number of amides is 2. The van der Waals surface area contributed by atoms with Crippen molar-refractivity contribution in [3.05, 3.63) is 28.2 Å². The van der Waals surface area contributed by atoms with Crippen molar-refractivity contribution in [2.75, 3.05) is 11.9 Å². The second kappa shape index (κ2) is 8.27. The van der Waals surface area contributed by atoms with E-state index in [1.165, 1.54) is 0 Å². The summed E-state index contributed by atoms with van der Waals surface area (Å²) >= 11 is 3.44. The highest BCUT2D eigenvalue weighted by atomic mass is 79.9. The monoisotopic (exact) mass is 342 g/mol.